The number of unbranched alkanes of at least 4 members (excludes halogenated alkanes) is 5. The molecule has 0 bridgehead atoms. The third-order valence-corrected chi connectivity index (χ3v) is 6.06. The van der Waals surface area contributed by atoms with Crippen molar-refractivity contribution in [2.75, 3.05) is 19.8 Å². The fourth-order valence-electron chi connectivity index (χ4n) is 4.13. The van der Waals surface area contributed by atoms with E-state index in [1.165, 1.54) is 25.7 Å². The molecule has 1 aromatic heterocycles. The summed E-state index contributed by atoms with van der Waals surface area (Å²) in [7, 11) is 0. The number of ether oxygens (including phenoxy) is 2. The summed E-state index contributed by atoms with van der Waals surface area (Å²) in [4.78, 5) is 12.8. The molecule has 0 radical (unpaired) electrons. The molecule has 0 aliphatic carbocycles. The smallest absolute Gasteiger partial charge is 0.261 e. The van der Waals surface area contributed by atoms with E-state index in [4.69, 9.17) is 14.6 Å². The predicted molar refractivity (Wildman–Crippen MR) is 140 cm³/mol. The summed E-state index contributed by atoms with van der Waals surface area (Å²) in [5.74, 6) is 0.975. The maximum absolute atomic E-state index is 12.8. The van der Waals surface area contributed by atoms with E-state index in [1.807, 2.05) is 54.7 Å². The maximum Gasteiger partial charge on any atom is 0.261 e. The van der Waals surface area contributed by atoms with E-state index >= 15 is 0 Å². The van der Waals surface area contributed by atoms with Gasteiger partial charge in [0.25, 0.3) is 5.91 Å². The number of nitriles is 1. The Morgan fingerprint density at radius 2 is 1.81 bits per heavy atom. The summed E-state index contributed by atoms with van der Waals surface area (Å²) in [6.45, 7) is 3.75. The summed E-state index contributed by atoms with van der Waals surface area (Å²) >= 11 is 0. The second-order valence-electron chi connectivity index (χ2n) is 8.77. The lowest BCUT2D eigenvalue weighted by atomic mass is 10.0. The molecule has 0 fully saturated rings. The predicted octanol–water partition coefficient (Wildman–Crippen LogP) is 5.69. The third kappa shape index (κ3) is 6.33. The van der Waals surface area contributed by atoms with Crippen LogP contribution in [-0.4, -0.2) is 35.4 Å². The van der Waals surface area contributed by atoms with Crippen molar-refractivity contribution >= 4 is 12.0 Å². The summed E-state index contributed by atoms with van der Waals surface area (Å²) in [6, 6.07) is 17.4. The fraction of sp³-hybridized carbons (Fsp3) is 0.345. The minimum Gasteiger partial charge on any atom is -0.486 e. The highest BCUT2D eigenvalue weighted by atomic mass is 16.6. The lowest BCUT2D eigenvalue weighted by molar-refractivity contribution is -0.117. The average molecular weight is 485 g/mol. The number of carbonyl (C=O) groups excluding carboxylic acids is 1. The highest BCUT2D eigenvalue weighted by Gasteiger charge is 2.18. The van der Waals surface area contributed by atoms with Gasteiger partial charge in [-0.05, 0) is 42.8 Å². The zero-order valence-electron chi connectivity index (χ0n) is 20.7. The van der Waals surface area contributed by atoms with Gasteiger partial charge in [0.15, 0.2) is 11.5 Å². The van der Waals surface area contributed by atoms with Gasteiger partial charge in [-0.15, -0.1) is 0 Å². The molecular weight excluding hydrogens is 452 g/mol. The van der Waals surface area contributed by atoms with Gasteiger partial charge in [0, 0.05) is 23.9 Å². The summed E-state index contributed by atoms with van der Waals surface area (Å²) < 4.78 is 13.2. The number of hydrogen-bond acceptors (Lipinski definition) is 5. The second kappa shape index (κ2) is 12.6. The van der Waals surface area contributed by atoms with Crippen molar-refractivity contribution in [3.8, 4) is 34.5 Å². The molecule has 2 heterocycles. The Bertz CT molecular complexity index is 1240. The lowest BCUT2D eigenvalue weighted by Gasteiger charge is -2.18. The van der Waals surface area contributed by atoms with Gasteiger partial charge in [0.1, 0.15) is 30.6 Å². The molecule has 0 unspecified atom stereocenters. The van der Waals surface area contributed by atoms with Crippen LogP contribution in [-0.2, 0) is 4.79 Å². The lowest BCUT2D eigenvalue weighted by Crippen LogP contribution is -2.25. The van der Waals surface area contributed by atoms with E-state index < -0.39 is 0 Å². The number of fused-ring (bicyclic) bond motifs is 1. The van der Waals surface area contributed by atoms with Crippen molar-refractivity contribution in [3.63, 3.8) is 0 Å². The molecule has 2 aromatic carbocycles. The zero-order valence-corrected chi connectivity index (χ0v) is 20.7. The van der Waals surface area contributed by atoms with E-state index in [-0.39, 0.29) is 11.5 Å². The summed E-state index contributed by atoms with van der Waals surface area (Å²) in [5.41, 5.74) is 3.05. The highest BCUT2D eigenvalue weighted by Crippen LogP contribution is 2.35. The molecule has 36 heavy (non-hydrogen) atoms. The van der Waals surface area contributed by atoms with Crippen molar-refractivity contribution in [1.29, 1.82) is 5.26 Å². The van der Waals surface area contributed by atoms with E-state index in [2.05, 4.69) is 18.3 Å². The van der Waals surface area contributed by atoms with Crippen molar-refractivity contribution in [1.82, 2.24) is 15.1 Å². The van der Waals surface area contributed by atoms with Crippen molar-refractivity contribution in [2.45, 2.75) is 45.4 Å². The van der Waals surface area contributed by atoms with Crippen LogP contribution in [0, 0.1) is 11.3 Å². The second-order valence-corrected chi connectivity index (χ2v) is 8.77. The summed E-state index contributed by atoms with van der Waals surface area (Å²) in [6.07, 6.45) is 10.3. The summed E-state index contributed by atoms with van der Waals surface area (Å²) in [5, 5.41) is 17.4. The Labute approximate surface area is 212 Å². The minimum absolute atomic E-state index is 0.0485. The van der Waals surface area contributed by atoms with Crippen molar-refractivity contribution < 1.29 is 14.3 Å². The van der Waals surface area contributed by atoms with Crippen LogP contribution in [0.15, 0.2) is 60.3 Å². The highest BCUT2D eigenvalue weighted by molar-refractivity contribution is 6.02. The monoisotopic (exact) mass is 484 g/mol. The van der Waals surface area contributed by atoms with Gasteiger partial charge >= 0.3 is 0 Å². The number of carbonyl (C=O) groups is 1. The van der Waals surface area contributed by atoms with Crippen LogP contribution in [0.2, 0.25) is 0 Å². The van der Waals surface area contributed by atoms with Gasteiger partial charge in [0.2, 0.25) is 0 Å². The van der Waals surface area contributed by atoms with E-state index in [0.29, 0.717) is 42.5 Å². The molecule has 1 aliphatic heterocycles. The largest absolute Gasteiger partial charge is 0.486 e. The Morgan fingerprint density at radius 1 is 1.06 bits per heavy atom. The van der Waals surface area contributed by atoms with Crippen LogP contribution in [0.25, 0.3) is 23.0 Å². The molecule has 1 N–H and O–H groups in total. The molecule has 7 nitrogen and oxygen atoms in total. The quantitative estimate of drug-likeness (QED) is 0.214. The molecule has 0 spiro atoms. The first-order valence-corrected chi connectivity index (χ1v) is 12.6. The molecule has 1 amide bonds. The number of nitrogens with one attached hydrogen (secondary N) is 1. The fourth-order valence-corrected chi connectivity index (χ4v) is 4.13. The number of amides is 1. The van der Waals surface area contributed by atoms with Gasteiger partial charge in [-0.25, -0.2) is 4.68 Å². The van der Waals surface area contributed by atoms with E-state index in [1.54, 1.807) is 10.8 Å². The van der Waals surface area contributed by atoms with Crippen LogP contribution >= 0.6 is 0 Å². The first kappa shape index (κ1) is 25.1. The zero-order chi connectivity index (χ0) is 25.2. The first-order valence-electron chi connectivity index (χ1n) is 12.6. The topological polar surface area (TPSA) is 89.2 Å². The van der Waals surface area contributed by atoms with Crippen molar-refractivity contribution in [3.05, 3.63) is 65.9 Å². The van der Waals surface area contributed by atoms with Crippen LogP contribution in [0.4, 0.5) is 0 Å². The number of rotatable bonds is 11. The van der Waals surface area contributed by atoms with Gasteiger partial charge in [0.05, 0.1) is 5.69 Å². The number of nitrogens with zero attached hydrogens (tertiary/aromatic N) is 3. The van der Waals surface area contributed by atoms with Crippen molar-refractivity contribution in [2.24, 2.45) is 0 Å². The SMILES string of the molecule is CCCCCCCCNC(=O)C(C#N)=Cc1cn(-c2ccccc2)nc1-c1ccc2c(c1)OCCO2. The molecular formula is C29H32N4O3. The Hall–Kier alpha value is -4.05. The molecule has 4 rings (SSSR count). The third-order valence-electron chi connectivity index (χ3n) is 6.06. The first-order chi connectivity index (χ1) is 17.7. The number of aromatic nitrogens is 2. The van der Waals surface area contributed by atoms with Gasteiger partial charge in [-0.1, -0.05) is 57.2 Å². The number of para-hydroxylation sites is 1. The Balaban J connectivity index is 1.58. The molecule has 186 valence electrons. The standard InChI is InChI=1S/C29H32N4O3/c1-2-3-4-5-6-10-15-31-29(34)23(20-30)18-24-21-33(25-11-8-7-9-12-25)32-28(24)22-13-14-26-27(19-22)36-17-16-35-26/h7-9,11-14,18-19,21H,2-6,10,15-17H2,1H3,(H,31,34). The van der Waals surface area contributed by atoms with Gasteiger partial charge in [-0.3, -0.25) is 4.79 Å². The maximum atomic E-state index is 12.8. The average Bonchev–Trinajstić information content (AvgIpc) is 3.35. The van der Waals surface area contributed by atoms with Gasteiger partial charge < -0.3 is 14.8 Å². The van der Waals surface area contributed by atoms with Gasteiger partial charge in [-0.2, -0.15) is 10.4 Å². The molecule has 1 aliphatic rings. The van der Waals surface area contributed by atoms with Crippen LogP contribution in [0.1, 0.15) is 51.0 Å². The Kier molecular flexibility index (Phi) is 8.77. The van der Waals surface area contributed by atoms with E-state index in [0.717, 1.165) is 24.1 Å². The molecule has 0 atom stereocenters. The normalized spacial score (nSPS) is 12.7. The number of benzene rings is 2. The van der Waals surface area contributed by atoms with Crippen LogP contribution < -0.4 is 14.8 Å². The molecule has 0 saturated carbocycles. The Morgan fingerprint density at radius 3 is 2.58 bits per heavy atom. The van der Waals surface area contributed by atoms with Crippen LogP contribution in [0.3, 0.4) is 0 Å². The molecule has 0 saturated heterocycles. The minimum atomic E-state index is -0.369. The number of hydrogen-bond donors (Lipinski definition) is 1. The van der Waals surface area contributed by atoms with Crippen LogP contribution in [0.5, 0.6) is 11.5 Å². The molecule has 3 aromatic rings. The van der Waals surface area contributed by atoms with E-state index in [9.17, 15) is 10.1 Å². The molecule has 7 heteroatoms.